The number of nitrogens with zero attached hydrogens (tertiary/aromatic N) is 3. The molecule has 0 aliphatic carbocycles. The van der Waals surface area contributed by atoms with Crippen LogP contribution in [-0.2, 0) is 6.54 Å². The minimum absolute atomic E-state index is 0.256. The minimum atomic E-state index is -0.703. The first-order chi connectivity index (χ1) is 14.0. The van der Waals surface area contributed by atoms with Gasteiger partial charge in [-0.2, -0.15) is 0 Å². The first-order valence-corrected chi connectivity index (χ1v) is 8.76. The first kappa shape index (κ1) is 18.5. The van der Waals surface area contributed by atoms with Crippen LogP contribution in [0.3, 0.4) is 0 Å². The van der Waals surface area contributed by atoms with Gasteiger partial charge in [0.15, 0.2) is 11.5 Å². The summed E-state index contributed by atoms with van der Waals surface area (Å²) < 4.78 is 33.7. The molecule has 1 amide bonds. The van der Waals surface area contributed by atoms with Crippen molar-refractivity contribution in [3.63, 3.8) is 0 Å². The van der Waals surface area contributed by atoms with Crippen LogP contribution in [0.5, 0.6) is 5.75 Å². The van der Waals surface area contributed by atoms with Crippen molar-refractivity contribution in [2.45, 2.75) is 6.54 Å². The van der Waals surface area contributed by atoms with Gasteiger partial charge in [0.25, 0.3) is 5.91 Å². The summed E-state index contributed by atoms with van der Waals surface area (Å²) in [7, 11) is 1.59. The number of aromatic nitrogens is 3. The van der Waals surface area contributed by atoms with E-state index in [2.05, 4.69) is 15.5 Å². The summed E-state index contributed by atoms with van der Waals surface area (Å²) in [5.41, 5.74) is 1.97. The van der Waals surface area contributed by atoms with E-state index in [9.17, 15) is 13.6 Å². The number of halogens is 2. The summed E-state index contributed by atoms with van der Waals surface area (Å²) in [5.74, 6) is -0.655. The third kappa shape index (κ3) is 3.91. The normalized spacial score (nSPS) is 10.9. The summed E-state index contributed by atoms with van der Waals surface area (Å²) >= 11 is 0. The Morgan fingerprint density at radius 2 is 1.76 bits per heavy atom. The van der Waals surface area contributed by atoms with E-state index >= 15 is 0 Å². The van der Waals surface area contributed by atoms with E-state index in [-0.39, 0.29) is 17.3 Å². The lowest BCUT2D eigenvalue weighted by molar-refractivity contribution is 0.0951. The number of benzene rings is 2. The van der Waals surface area contributed by atoms with Crippen LogP contribution >= 0.6 is 0 Å². The lowest BCUT2D eigenvalue weighted by atomic mass is 10.2. The molecule has 0 radical (unpaired) electrons. The zero-order valence-electron chi connectivity index (χ0n) is 15.4. The van der Waals surface area contributed by atoms with E-state index in [0.29, 0.717) is 17.8 Å². The highest BCUT2D eigenvalue weighted by molar-refractivity contribution is 5.95. The molecule has 2 aromatic carbocycles. The molecule has 0 aliphatic rings. The number of ether oxygens (including phenoxy) is 1. The van der Waals surface area contributed by atoms with Crippen LogP contribution < -0.4 is 10.1 Å². The standard InChI is InChI=1S/C21H16F2N4O2/c1-29-18-4-2-13(3-5-18)12-24-21(28)14-6-7-27-19(10-14)25-26-20(27)15-8-16(22)11-17(23)9-15/h2-11H,12H2,1H3,(H,24,28). The number of pyridine rings is 1. The zero-order valence-corrected chi connectivity index (χ0v) is 15.4. The second kappa shape index (κ2) is 7.67. The van der Waals surface area contributed by atoms with Crippen molar-refractivity contribution in [1.82, 2.24) is 19.9 Å². The summed E-state index contributed by atoms with van der Waals surface area (Å²) in [6.07, 6.45) is 1.59. The van der Waals surface area contributed by atoms with E-state index < -0.39 is 11.6 Å². The number of hydrogen-bond acceptors (Lipinski definition) is 4. The molecular weight excluding hydrogens is 378 g/mol. The molecule has 1 N–H and O–H groups in total. The second-order valence-corrected chi connectivity index (χ2v) is 6.36. The molecule has 29 heavy (non-hydrogen) atoms. The Labute approximate surface area is 164 Å². The van der Waals surface area contributed by atoms with Gasteiger partial charge in [-0.1, -0.05) is 12.1 Å². The van der Waals surface area contributed by atoms with Crippen molar-refractivity contribution in [3.05, 3.63) is 83.6 Å². The van der Waals surface area contributed by atoms with Gasteiger partial charge in [0.2, 0.25) is 0 Å². The van der Waals surface area contributed by atoms with Gasteiger partial charge >= 0.3 is 0 Å². The highest BCUT2D eigenvalue weighted by Crippen LogP contribution is 2.21. The lowest BCUT2D eigenvalue weighted by Crippen LogP contribution is -2.22. The molecule has 0 saturated heterocycles. The molecule has 0 spiro atoms. The van der Waals surface area contributed by atoms with E-state index in [4.69, 9.17) is 4.74 Å². The van der Waals surface area contributed by atoms with Crippen molar-refractivity contribution in [1.29, 1.82) is 0 Å². The van der Waals surface area contributed by atoms with Gasteiger partial charge in [-0.3, -0.25) is 9.20 Å². The van der Waals surface area contributed by atoms with Crippen molar-refractivity contribution in [2.24, 2.45) is 0 Å². The predicted molar refractivity (Wildman–Crippen MR) is 103 cm³/mol. The van der Waals surface area contributed by atoms with Gasteiger partial charge in [0.05, 0.1) is 7.11 Å². The van der Waals surface area contributed by atoms with Crippen LogP contribution in [0.2, 0.25) is 0 Å². The third-order valence-electron chi connectivity index (χ3n) is 4.41. The average Bonchev–Trinajstić information content (AvgIpc) is 3.15. The van der Waals surface area contributed by atoms with Gasteiger partial charge in [-0.25, -0.2) is 8.78 Å². The maximum atomic E-state index is 13.5. The molecule has 0 saturated carbocycles. The van der Waals surface area contributed by atoms with Gasteiger partial charge in [-0.15, -0.1) is 10.2 Å². The molecule has 8 heteroatoms. The number of carbonyl (C=O) groups is 1. The molecule has 0 fully saturated rings. The largest absolute Gasteiger partial charge is 0.497 e. The Morgan fingerprint density at radius 1 is 1.03 bits per heavy atom. The fourth-order valence-electron chi connectivity index (χ4n) is 2.94. The van der Waals surface area contributed by atoms with Crippen molar-refractivity contribution < 1.29 is 18.3 Å². The van der Waals surface area contributed by atoms with E-state index in [0.717, 1.165) is 17.4 Å². The smallest absolute Gasteiger partial charge is 0.251 e. The summed E-state index contributed by atoms with van der Waals surface area (Å²) in [6, 6.07) is 13.7. The molecule has 146 valence electrons. The third-order valence-corrected chi connectivity index (χ3v) is 4.41. The van der Waals surface area contributed by atoms with E-state index in [1.54, 1.807) is 29.8 Å². The first-order valence-electron chi connectivity index (χ1n) is 8.76. The zero-order chi connectivity index (χ0) is 20.4. The predicted octanol–water partition coefficient (Wildman–Crippen LogP) is 3.61. The van der Waals surface area contributed by atoms with E-state index in [1.165, 1.54) is 12.1 Å². The van der Waals surface area contributed by atoms with Crippen molar-refractivity contribution in [3.8, 4) is 17.1 Å². The average molecular weight is 394 g/mol. The maximum absolute atomic E-state index is 13.5. The number of amides is 1. The molecule has 0 aliphatic heterocycles. The topological polar surface area (TPSA) is 68.5 Å². The van der Waals surface area contributed by atoms with Crippen LogP contribution in [0, 0.1) is 11.6 Å². The lowest BCUT2D eigenvalue weighted by Gasteiger charge is -2.07. The Kier molecular flexibility index (Phi) is 4.90. The monoisotopic (exact) mass is 394 g/mol. The van der Waals surface area contributed by atoms with Crippen LogP contribution in [0.4, 0.5) is 8.78 Å². The summed E-state index contributed by atoms with van der Waals surface area (Å²) in [6.45, 7) is 0.356. The SMILES string of the molecule is COc1ccc(CNC(=O)c2ccn3c(-c4cc(F)cc(F)c4)nnc3c2)cc1. The van der Waals surface area contributed by atoms with Crippen LogP contribution in [-0.4, -0.2) is 27.6 Å². The number of methoxy groups -OCH3 is 1. The van der Waals surface area contributed by atoms with Gasteiger partial charge in [-0.05, 0) is 42.0 Å². The number of nitrogens with one attached hydrogen (secondary N) is 1. The molecular formula is C21H16F2N4O2. The quantitative estimate of drug-likeness (QED) is 0.562. The van der Waals surface area contributed by atoms with Crippen LogP contribution in [0.25, 0.3) is 17.0 Å². The molecule has 6 nitrogen and oxygen atoms in total. The molecule has 4 aromatic rings. The molecule has 0 atom stereocenters. The Morgan fingerprint density at radius 3 is 2.45 bits per heavy atom. The van der Waals surface area contributed by atoms with Crippen LogP contribution in [0.1, 0.15) is 15.9 Å². The van der Waals surface area contributed by atoms with E-state index in [1.807, 2.05) is 24.3 Å². The van der Waals surface area contributed by atoms with Gasteiger partial charge < -0.3 is 10.1 Å². The number of hydrogen-bond donors (Lipinski definition) is 1. The second-order valence-electron chi connectivity index (χ2n) is 6.36. The minimum Gasteiger partial charge on any atom is -0.497 e. The molecule has 4 rings (SSSR count). The highest BCUT2D eigenvalue weighted by Gasteiger charge is 2.13. The van der Waals surface area contributed by atoms with Crippen molar-refractivity contribution >= 4 is 11.6 Å². The molecule has 2 heterocycles. The fraction of sp³-hybridized carbons (Fsp3) is 0.0952. The molecule has 0 bridgehead atoms. The Hall–Kier alpha value is -3.81. The number of carbonyl (C=O) groups excluding carboxylic acids is 1. The van der Waals surface area contributed by atoms with Crippen LogP contribution in [0.15, 0.2) is 60.8 Å². The summed E-state index contributed by atoms with van der Waals surface area (Å²) in [5, 5.41) is 10.8. The summed E-state index contributed by atoms with van der Waals surface area (Å²) in [4.78, 5) is 12.5. The van der Waals surface area contributed by atoms with Gasteiger partial charge in [0.1, 0.15) is 17.4 Å². The van der Waals surface area contributed by atoms with Gasteiger partial charge in [0, 0.05) is 29.9 Å². The maximum Gasteiger partial charge on any atom is 0.251 e. The highest BCUT2D eigenvalue weighted by atomic mass is 19.1. The Balaban J connectivity index is 1.53. The van der Waals surface area contributed by atoms with Crippen molar-refractivity contribution in [2.75, 3.05) is 7.11 Å². The number of fused-ring (bicyclic) bond motifs is 1. The Bertz CT molecular complexity index is 1170. The fourth-order valence-corrected chi connectivity index (χ4v) is 2.94. The molecule has 0 unspecified atom stereocenters. The molecule has 2 aromatic heterocycles. The number of rotatable bonds is 5.